The first kappa shape index (κ1) is 17.3. The second-order valence-corrected chi connectivity index (χ2v) is 5.54. The SMILES string of the molecule is C/C(=C/C(=O)ONC(=O)c1ccc(C)cc1)Nc1ccc(C)cc1. The molecule has 5 nitrogen and oxygen atoms in total. The highest BCUT2D eigenvalue weighted by Crippen LogP contribution is 2.11. The Hall–Kier alpha value is -3.08. The fourth-order valence-corrected chi connectivity index (χ4v) is 1.97. The molecule has 2 aromatic carbocycles. The van der Waals surface area contributed by atoms with E-state index in [1.54, 1.807) is 19.1 Å². The van der Waals surface area contributed by atoms with Crippen molar-refractivity contribution in [1.82, 2.24) is 5.48 Å². The molecule has 124 valence electrons. The van der Waals surface area contributed by atoms with Crippen LogP contribution in [0.1, 0.15) is 28.4 Å². The number of allylic oxidation sites excluding steroid dienone is 1. The van der Waals surface area contributed by atoms with E-state index >= 15 is 0 Å². The Morgan fingerprint density at radius 2 is 1.46 bits per heavy atom. The lowest BCUT2D eigenvalue weighted by Gasteiger charge is -2.07. The number of amides is 1. The highest BCUT2D eigenvalue weighted by molar-refractivity contribution is 5.94. The summed E-state index contributed by atoms with van der Waals surface area (Å²) >= 11 is 0. The van der Waals surface area contributed by atoms with Gasteiger partial charge in [-0.1, -0.05) is 35.4 Å². The second kappa shape index (κ2) is 7.97. The van der Waals surface area contributed by atoms with Crippen LogP contribution in [-0.4, -0.2) is 11.9 Å². The topological polar surface area (TPSA) is 67.4 Å². The minimum atomic E-state index is -0.660. The Bertz CT molecular complexity index is 747. The number of carbonyl (C=O) groups excluding carboxylic acids is 2. The highest BCUT2D eigenvalue weighted by atomic mass is 16.7. The summed E-state index contributed by atoms with van der Waals surface area (Å²) in [7, 11) is 0. The van der Waals surface area contributed by atoms with Crippen molar-refractivity contribution < 1.29 is 14.4 Å². The molecule has 0 aromatic heterocycles. The van der Waals surface area contributed by atoms with Crippen molar-refractivity contribution >= 4 is 17.6 Å². The van der Waals surface area contributed by atoms with Crippen LogP contribution in [0.5, 0.6) is 0 Å². The summed E-state index contributed by atoms with van der Waals surface area (Å²) in [5, 5.41) is 3.07. The average Bonchev–Trinajstić information content (AvgIpc) is 2.55. The summed E-state index contributed by atoms with van der Waals surface area (Å²) in [5.74, 6) is -1.13. The Morgan fingerprint density at radius 3 is 2.04 bits per heavy atom. The maximum atomic E-state index is 11.8. The zero-order valence-corrected chi connectivity index (χ0v) is 13.9. The second-order valence-electron chi connectivity index (χ2n) is 5.54. The van der Waals surface area contributed by atoms with Gasteiger partial charge in [0.1, 0.15) is 0 Å². The molecule has 0 unspecified atom stereocenters. The first-order chi connectivity index (χ1) is 11.4. The molecule has 24 heavy (non-hydrogen) atoms. The Balaban J connectivity index is 1.86. The third kappa shape index (κ3) is 5.28. The van der Waals surface area contributed by atoms with E-state index in [1.165, 1.54) is 6.08 Å². The maximum absolute atomic E-state index is 11.8. The van der Waals surface area contributed by atoms with E-state index in [9.17, 15) is 9.59 Å². The van der Waals surface area contributed by atoms with Crippen LogP contribution < -0.4 is 10.8 Å². The van der Waals surface area contributed by atoms with Gasteiger partial charge in [-0.15, -0.1) is 0 Å². The average molecular weight is 324 g/mol. The maximum Gasteiger partial charge on any atom is 0.357 e. The number of nitrogens with one attached hydrogen (secondary N) is 2. The zero-order valence-electron chi connectivity index (χ0n) is 13.9. The first-order valence-electron chi connectivity index (χ1n) is 7.54. The fourth-order valence-electron chi connectivity index (χ4n) is 1.97. The smallest absolute Gasteiger partial charge is 0.357 e. The van der Waals surface area contributed by atoms with Crippen LogP contribution in [0.2, 0.25) is 0 Å². The van der Waals surface area contributed by atoms with Crippen molar-refractivity contribution in [1.29, 1.82) is 0 Å². The van der Waals surface area contributed by atoms with Gasteiger partial charge in [0, 0.05) is 23.0 Å². The van der Waals surface area contributed by atoms with Crippen LogP contribution in [-0.2, 0) is 9.63 Å². The van der Waals surface area contributed by atoms with Crippen LogP contribution in [0.4, 0.5) is 5.69 Å². The van der Waals surface area contributed by atoms with Gasteiger partial charge in [-0.25, -0.2) is 4.79 Å². The van der Waals surface area contributed by atoms with Gasteiger partial charge in [0.2, 0.25) is 0 Å². The van der Waals surface area contributed by atoms with E-state index in [2.05, 4.69) is 10.8 Å². The van der Waals surface area contributed by atoms with Crippen molar-refractivity contribution in [2.75, 3.05) is 5.32 Å². The largest absolute Gasteiger partial charge is 0.359 e. The van der Waals surface area contributed by atoms with Crippen LogP contribution >= 0.6 is 0 Å². The van der Waals surface area contributed by atoms with E-state index < -0.39 is 11.9 Å². The summed E-state index contributed by atoms with van der Waals surface area (Å²) in [4.78, 5) is 28.3. The number of anilines is 1. The van der Waals surface area contributed by atoms with Crippen molar-refractivity contribution in [2.24, 2.45) is 0 Å². The highest BCUT2D eigenvalue weighted by Gasteiger charge is 2.07. The number of aryl methyl sites for hydroxylation is 2. The number of hydrogen-bond acceptors (Lipinski definition) is 4. The lowest BCUT2D eigenvalue weighted by molar-refractivity contribution is -0.142. The van der Waals surface area contributed by atoms with Gasteiger partial charge in [0.15, 0.2) is 0 Å². The number of carbonyl (C=O) groups is 2. The molecule has 0 radical (unpaired) electrons. The van der Waals surface area contributed by atoms with Gasteiger partial charge in [-0.3, -0.25) is 4.79 Å². The standard InChI is InChI=1S/C19H20N2O3/c1-13-4-8-16(9-5-13)19(23)21-24-18(22)12-15(3)20-17-10-6-14(2)7-11-17/h4-12,20H,1-3H3,(H,21,23)/b15-12-. The number of benzene rings is 2. The van der Waals surface area contributed by atoms with Crippen LogP contribution in [0, 0.1) is 13.8 Å². The van der Waals surface area contributed by atoms with Gasteiger partial charge in [0.25, 0.3) is 5.91 Å². The predicted octanol–water partition coefficient (Wildman–Crippen LogP) is 3.51. The monoisotopic (exact) mass is 324 g/mol. The van der Waals surface area contributed by atoms with E-state index in [1.807, 2.05) is 50.2 Å². The fraction of sp³-hybridized carbons (Fsp3) is 0.158. The van der Waals surface area contributed by atoms with E-state index in [4.69, 9.17) is 4.84 Å². The molecule has 2 rings (SSSR count). The lowest BCUT2D eigenvalue weighted by Crippen LogP contribution is -2.26. The first-order valence-corrected chi connectivity index (χ1v) is 7.54. The predicted molar refractivity (Wildman–Crippen MR) is 93.3 cm³/mol. The molecule has 0 spiro atoms. The molecule has 0 saturated heterocycles. The van der Waals surface area contributed by atoms with Gasteiger partial charge < -0.3 is 10.2 Å². The molecule has 1 amide bonds. The van der Waals surface area contributed by atoms with Gasteiger partial charge >= 0.3 is 5.97 Å². The number of hydroxylamine groups is 1. The number of hydrogen-bond donors (Lipinski definition) is 2. The molecule has 2 aromatic rings. The number of rotatable bonds is 4. The summed E-state index contributed by atoms with van der Waals surface area (Å²) in [6.45, 7) is 5.67. The minimum absolute atomic E-state index is 0.423. The Labute approximate surface area is 141 Å². The molecule has 0 aliphatic rings. The molecular formula is C19H20N2O3. The van der Waals surface area contributed by atoms with Crippen LogP contribution in [0.15, 0.2) is 60.3 Å². The van der Waals surface area contributed by atoms with Gasteiger partial charge in [0.05, 0.1) is 0 Å². The zero-order chi connectivity index (χ0) is 17.5. The third-order valence-corrected chi connectivity index (χ3v) is 3.29. The Kier molecular flexibility index (Phi) is 5.73. The molecule has 0 atom stereocenters. The lowest BCUT2D eigenvalue weighted by atomic mass is 10.1. The van der Waals surface area contributed by atoms with Crippen molar-refractivity contribution in [3.63, 3.8) is 0 Å². The van der Waals surface area contributed by atoms with Crippen molar-refractivity contribution in [3.05, 3.63) is 77.0 Å². The van der Waals surface area contributed by atoms with Crippen LogP contribution in [0.3, 0.4) is 0 Å². The molecule has 0 fully saturated rings. The Morgan fingerprint density at radius 1 is 0.917 bits per heavy atom. The normalized spacial score (nSPS) is 10.9. The molecule has 5 heteroatoms. The molecule has 2 N–H and O–H groups in total. The van der Waals surface area contributed by atoms with Gasteiger partial charge in [-0.2, -0.15) is 5.48 Å². The summed E-state index contributed by atoms with van der Waals surface area (Å²) < 4.78 is 0. The van der Waals surface area contributed by atoms with E-state index in [0.29, 0.717) is 11.3 Å². The summed E-state index contributed by atoms with van der Waals surface area (Å²) in [6.07, 6.45) is 1.27. The van der Waals surface area contributed by atoms with Crippen molar-refractivity contribution in [2.45, 2.75) is 20.8 Å². The quantitative estimate of drug-likeness (QED) is 0.667. The van der Waals surface area contributed by atoms with E-state index in [0.717, 1.165) is 16.8 Å². The van der Waals surface area contributed by atoms with Crippen LogP contribution in [0.25, 0.3) is 0 Å². The molecule has 0 saturated carbocycles. The molecule has 0 heterocycles. The van der Waals surface area contributed by atoms with Gasteiger partial charge in [-0.05, 0) is 45.0 Å². The molecule has 0 aliphatic heterocycles. The molecule has 0 aliphatic carbocycles. The van der Waals surface area contributed by atoms with Crippen molar-refractivity contribution in [3.8, 4) is 0 Å². The molecule has 0 bridgehead atoms. The summed E-state index contributed by atoms with van der Waals surface area (Å²) in [6, 6.07) is 14.7. The minimum Gasteiger partial charge on any atom is -0.359 e. The third-order valence-electron chi connectivity index (χ3n) is 3.29. The van der Waals surface area contributed by atoms with E-state index in [-0.39, 0.29) is 0 Å². The summed E-state index contributed by atoms with van der Waals surface area (Å²) in [5.41, 5.74) is 6.23. The molecular weight excluding hydrogens is 304 g/mol.